The number of carbonyl (C=O) groups excluding carboxylic acids is 1. The molecule has 0 unspecified atom stereocenters. The van der Waals surface area contributed by atoms with E-state index in [1.165, 1.54) is 0 Å². The van der Waals surface area contributed by atoms with Gasteiger partial charge in [-0.1, -0.05) is 0 Å². The van der Waals surface area contributed by atoms with Gasteiger partial charge in [-0.15, -0.1) is 0 Å². The van der Waals surface area contributed by atoms with E-state index in [0.717, 1.165) is 53.1 Å². The molecule has 0 aliphatic carbocycles. The highest BCUT2D eigenvalue weighted by molar-refractivity contribution is 6.06. The van der Waals surface area contributed by atoms with Crippen molar-refractivity contribution in [3.8, 4) is 0 Å². The Hall–Kier alpha value is -2.63. The second-order valence-electron chi connectivity index (χ2n) is 6.42. The molecule has 6 nitrogen and oxygen atoms in total. The largest absolute Gasteiger partial charge is 0.469 e. The Morgan fingerprint density at radius 2 is 2.17 bits per heavy atom. The Kier molecular flexibility index (Phi) is 3.40. The smallest absolute Gasteiger partial charge is 0.255 e. The summed E-state index contributed by atoms with van der Waals surface area (Å²) in [5.74, 6) is 1.04. The number of hydrogen-bond donors (Lipinski definition) is 0. The van der Waals surface area contributed by atoms with Gasteiger partial charge in [0, 0.05) is 37.8 Å². The third-order valence-electron chi connectivity index (χ3n) is 4.65. The van der Waals surface area contributed by atoms with Crippen LogP contribution in [0.2, 0.25) is 0 Å². The fourth-order valence-corrected chi connectivity index (χ4v) is 3.52. The van der Waals surface area contributed by atoms with Gasteiger partial charge in [-0.2, -0.15) is 5.10 Å². The summed E-state index contributed by atoms with van der Waals surface area (Å²) in [6, 6.07) is 3.84. The highest BCUT2D eigenvalue weighted by Crippen LogP contribution is 2.26. The van der Waals surface area contributed by atoms with Crippen LogP contribution in [-0.2, 0) is 20.0 Å². The van der Waals surface area contributed by atoms with Crippen molar-refractivity contribution in [1.29, 1.82) is 0 Å². The van der Waals surface area contributed by atoms with E-state index in [1.54, 1.807) is 10.9 Å². The Morgan fingerprint density at radius 3 is 3.00 bits per heavy atom. The van der Waals surface area contributed by atoms with Crippen molar-refractivity contribution in [2.24, 2.45) is 7.05 Å². The molecule has 0 aromatic carbocycles. The lowest BCUT2D eigenvalue weighted by Gasteiger charge is -2.21. The molecule has 0 bridgehead atoms. The summed E-state index contributed by atoms with van der Waals surface area (Å²) in [5, 5.41) is 5.29. The molecule has 0 spiro atoms. The van der Waals surface area contributed by atoms with Crippen LogP contribution in [0, 0.1) is 13.8 Å². The van der Waals surface area contributed by atoms with Crippen LogP contribution >= 0.6 is 0 Å². The molecule has 124 valence electrons. The summed E-state index contributed by atoms with van der Waals surface area (Å²) < 4.78 is 7.26. The third-order valence-corrected chi connectivity index (χ3v) is 4.65. The number of aryl methyl sites for hydroxylation is 4. The number of amides is 1. The first-order chi connectivity index (χ1) is 11.5. The zero-order chi connectivity index (χ0) is 16.8. The van der Waals surface area contributed by atoms with Crippen LogP contribution in [0.1, 0.15) is 39.5 Å². The number of pyridine rings is 1. The molecule has 0 saturated heterocycles. The molecule has 6 heteroatoms. The van der Waals surface area contributed by atoms with Crippen LogP contribution in [0.3, 0.4) is 0 Å². The van der Waals surface area contributed by atoms with Crippen molar-refractivity contribution in [2.75, 3.05) is 6.54 Å². The number of carbonyl (C=O) groups is 1. The summed E-state index contributed by atoms with van der Waals surface area (Å²) in [6.45, 7) is 5.15. The van der Waals surface area contributed by atoms with Gasteiger partial charge in [-0.25, -0.2) is 4.98 Å². The normalized spacial score (nSPS) is 14.7. The van der Waals surface area contributed by atoms with Crippen molar-refractivity contribution in [3.63, 3.8) is 0 Å². The van der Waals surface area contributed by atoms with Crippen molar-refractivity contribution in [1.82, 2.24) is 19.7 Å². The zero-order valence-electron chi connectivity index (χ0n) is 14.2. The predicted molar refractivity (Wildman–Crippen MR) is 89.8 cm³/mol. The van der Waals surface area contributed by atoms with E-state index in [4.69, 9.17) is 4.42 Å². The first-order valence-corrected chi connectivity index (χ1v) is 8.20. The van der Waals surface area contributed by atoms with Gasteiger partial charge in [0.2, 0.25) is 0 Å². The number of aromatic nitrogens is 3. The molecule has 0 radical (unpaired) electrons. The monoisotopic (exact) mass is 324 g/mol. The van der Waals surface area contributed by atoms with Crippen LogP contribution in [0.25, 0.3) is 11.0 Å². The number of furan rings is 1. The van der Waals surface area contributed by atoms with Gasteiger partial charge in [0.05, 0.1) is 22.9 Å². The molecule has 0 atom stereocenters. The van der Waals surface area contributed by atoms with Crippen LogP contribution in [0.5, 0.6) is 0 Å². The Morgan fingerprint density at radius 1 is 1.33 bits per heavy atom. The van der Waals surface area contributed by atoms with Gasteiger partial charge < -0.3 is 9.32 Å². The Bertz CT molecular complexity index is 938. The van der Waals surface area contributed by atoms with Gasteiger partial charge in [-0.3, -0.25) is 9.48 Å². The number of hydrogen-bond acceptors (Lipinski definition) is 4. The Labute approximate surface area is 140 Å². The fraction of sp³-hybridized carbons (Fsp3) is 0.389. The fourth-order valence-electron chi connectivity index (χ4n) is 3.52. The summed E-state index contributed by atoms with van der Waals surface area (Å²) in [5.41, 5.74) is 4.21. The van der Waals surface area contributed by atoms with Crippen molar-refractivity contribution < 1.29 is 9.21 Å². The van der Waals surface area contributed by atoms with Crippen LogP contribution in [-0.4, -0.2) is 32.1 Å². The number of rotatable bonds is 1. The van der Waals surface area contributed by atoms with Crippen LogP contribution in [0.15, 0.2) is 22.8 Å². The van der Waals surface area contributed by atoms with Gasteiger partial charge >= 0.3 is 0 Å². The topological polar surface area (TPSA) is 64.2 Å². The minimum atomic E-state index is 0.0376. The molecular weight excluding hydrogens is 304 g/mol. The maximum Gasteiger partial charge on any atom is 0.255 e. The first kappa shape index (κ1) is 14.9. The average molecular weight is 324 g/mol. The zero-order valence-corrected chi connectivity index (χ0v) is 14.2. The summed E-state index contributed by atoms with van der Waals surface area (Å²) in [6.07, 6.45) is 3.49. The predicted octanol–water partition coefficient (Wildman–Crippen LogP) is 2.77. The number of nitrogens with zero attached hydrogens (tertiary/aromatic N) is 4. The summed E-state index contributed by atoms with van der Waals surface area (Å²) in [7, 11) is 1.86. The maximum atomic E-state index is 13.2. The van der Waals surface area contributed by atoms with Crippen molar-refractivity contribution >= 4 is 16.9 Å². The molecule has 0 saturated carbocycles. The summed E-state index contributed by atoms with van der Waals surface area (Å²) >= 11 is 0. The molecule has 1 aliphatic rings. The highest BCUT2D eigenvalue weighted by Gasteiger charge is 2.25. The van der Waals surface area contributed by atoms with Gasteiger partial charge in [0.15, 0.2) is 5.65 Å². The lowest BCUT2D eigenvalue weighted by molar-refractivity contribution is 0.0747. The van der Waals surface area contributed by atoms with Gasteiger partial charge in [0.25, 0.3) is 5.91 Å². The first-order valence-electron chi connectivity index (χ1n) is 8.20. The molecule has 4 heterocycles. The number of fused-ring (bicyclic) bond motifs is 2. The highest BCUT2D eigenvalue weighted by atomic mass is 16.3. The van der Waals surface area contributed by atoms with E-state index in [-0.39, 0.29) is 5.91 Å². The second-order valence-corrected chi connectivity index (χ2v) is 6.42. The third kappa shape index (κ3) is 2.29. The van der Waals surface area contributed by atoms with Crippen LogP contribution < -0.4 is 0 Å². The molecular formula is C18H20N4O2. The van der Waals surface area contributed by atoms with E-state index < -0.39 is 0 Å². The molecule has 3 aromatic heterocycles. The molecule has 0 fully saturated rings. The van der Waals surface area contributed by atoms with E-state index in [1.807, 2.05) is 37.9 Å². The second kappa shape index (κ2) is 5.47. The lowest BCUT2D eigenvalue weighted by atomic mass is 10.1. The molecule has 1 aliphatic heterocycles. The molecule has 24 heavy (non-hydrogen) atoms. The van der Waals surface area contributed by atoms with Crippen molar-refractivity contribution in [3.05, 3.63) is 46.7 Å². The van der Waals surface area contributed by atoms with Crippen LogP contribution in [0.4, 0.5) is 0 Å². The lowest BCUT2D eigenvalue weighted by Crippen LogP contribution is -2.31. The molecule has 0 N–H and O–H groups in total. The minimum absolute atomic E-state index is 0.0376. The van der Waals surface area contributed by atoms with Crippen molar-refractivity contribution in [2.45, 2.75) is 33.2 Å². The SMILES string of the molecule is Cc1cc(C(=O)N2CCCc3occc3C2)c2c(C)nn(C)c2n1. The molecule has 1 amide bonds. The van der Waals surface area contributed by atoms with Gasteiger partial charge in [-0.05, 0) is 32.4 Å². The van der Waals surface area contributed by atoms with Gasteiger partial charge in [0.1, 0.15) is 5.76 Å². The Balaban J connectivity index is 1.79. The molecule has 3 aromatic rings. The quantitative estimate of drug-likeness (QED) is 0.690. The standard InChI is InChI=1S/C18H20N4O2/c1-11-9-14(16-12(2)20-21(3)17(16)19-11)18(23)22-7-4-5-15-13(10-22)6-8-24-15/h6,8-9H,4-5,7,10H2,1-3H3. The van der Waals surface area contributed by atoms with E-state index in [0.29, 0.717) is 12.1 Å². The molecule has 4 rings (SSSR count). The van der Waals surface area contributed by atoms with E-state index in [9.17, 15) is 4.79 Å². The average Bonchev–Trinajstić information content (AvgIpc) is 3.03. The maximum absolute atomic E-state index is 13.2. The minimum Gasteiger partial charge on any atom is -0.469 e. The van der Waals surface area contributed by atoms with E-state index in [2.05, 4.69) is 10.1 Å². The van der Waals surface area contributed by atoms with E-state index >= 15 is 0 Å². The summed E-state index contributed by atoms with van der Waals surface area (Å²) in [4.78, 5) is 19.7.